The number of phenolic OH excluding ortho intramolecular Hbond substituents is 1. The van der Waals surface area contributed by atoms with Gasteiger partial charge in [0.15, 0.2) is 17.3 Å². The SMILES string of the molecule is COc1cc(C=CC(=O)c2ccc(Cl)cc2Cl)cc(Br)c1O. The molecule has 2 aromatic rings. The van der Waals surface area contributed by atoms with Crippen LogP contribution >= 0.6 is 39.1 Å². The zero-order valence-electron chi connectivity index (χ0n) is 11.4. The van der Waals surface area contributed by atoms with Gasteiger partial charge >= 0.3 is 0 Å². The van der Waals surface area contributed by atoms with E-state index in [1.54, 1.807) is 30.3 Å². The van der Waals surface area contributed by atoms with Crippen LogP contribution in [-0.2, 0) is 0 Å². The molecule has 22 heavy (non-hydrogen) atoms. The number of aromatic hydroxyl groups is 1. The molecule has 0 radical (unpaired) electrons. The highest BCUT2D eigenvalue weighted by Gasteiger charge is 2.09. The summed E-state index contributed by atoms with van der Waals surface area (Å²) in [6.07, 6.45) is 3.01. The number of hydrogen-bond donors (Lipinski definition) is 1. The van der Waals surface area contributed by atoms with Crippen molar-refractivity contribution in [3.8, 4) is 11.5 Å². The van der Waals surface area contributed by atoms with Crippen LogP contribution in [0, 0.1) is 0 Å². The second-order valence-electron chi connectivity index (χ2n) is 4.38. The molecule has 114 valence electrons. The second kappa shape index (κ2) is 7.18. The molecule has 0 aromatic heterocycles. The van der Waals surface area contributed by atoms with Crippen molar-refractivity contribution in [2.75, 3.05) is 7.11 Å². The Morgan fingerprint density at radius 1 is 1.27 bits per heavy atom. The Labute approximate surface area is 146 Å². The van der Waals surface area contributed by atoms with Crippen LogP contribution in [0.4, 0.5) is 0 Å². The van der Waals surface area contributed by atoms with Crippen molar-refractivity contribution in [2.24, 2.45) is 0 Å². The third-order valence-electron chi connectivity index (χ3n) is 2.89. The van der Waals surface area contributed by atoms with Crippen LogP contribution in [0.1, 0.15) is 15.9 Å². The Balaban J connectivity index is 2.28. The zero-order valence-corrected chi connectivity index (χ0v) is 14.5. The van der Waals surface area contributed by atoms with Crippen LogP contribution in [0.15, 0.2) is 40.9 Å². The van der Waals surface area contributed by atoms with Gasteiger partial charge < -0.3 is 9.84 Å². The quantitative estimate of drug-likeness (QED) is 0.553. The molecule has 0 atom stereocenters. The van der Waals surface area contributed by atoms with Crippen LogP contribution in [0.3, 0.4) is 0 Å². The maximum Gasteiger partial charge on any atom is 0.187 e. The molecule has 0 aliphatic rings. The number of allylic oxidation sites excluding steroid dienone is 1. The number of halogens is 3. The molecular weight excluding hydrogens is 391 g/mol. The first-order valence-electron chi connectivity index (χ1n) is 6.16. The summed E-state index contributed by atoms with van der Waals surface area (Å²) in [5.74, 6) is 0.0718. The summed E-state index contributed by atoms with van der Waals surface area (Å²) in [6.45, 7) is 0. The van der Waals surface area contributed by atoms with Crippen LogP contribution in [-0.4, -0.2) is 18.0 Å². The fourth-order valence-electron chi connectivity index (χ4n) is 1.80. The maximum atomic E-state index is 12.1. The molecule has 1 N–H and O–H groups in total. The summed E-state index contributed by atoms with van der Waals surface area (Å²) < 4.78 is 5.53. The first-order valence-corrected chi connectivity index (χ1v) is 7.71. The third-order valence-corrected chi connectivity index (χ3v) is 4.05. The van der Waals surface area contributed by atoms with Gasteiger partial charge in [-0.2, -0.15) is 0 Å². The van der Waals surface area contributed by atoms with Crippen molar-refractivity contribution in [1.29, 1.82) is 0 Å². The number of carbonyl (C=O) groups excluding carboxylic acids is 1. The van der Waals surface area contributed by atoms with Gasteiger partial charge in [-0.25, -0.2) is 0 Å². The predicted molar refractivity (Wildman–Crippen MR) is 92.2 cm³/mol. The fourth-order valence-corrected chi connectivity index (χ4v) is 2.76. The number of methoxy groups -OCH3 is 1. The summed E-state index contributed by atoms with van der Waals surface area (Å²) in [4.78, 5) is 12.1. The van der Waals surface area contributed by atoms with Crippen LogP contribution < -0.4 is 4.74 Å². The predicted octanol–water partition coefficient (Wildman–Crippen LogP) is 5.37. The Bertz CT molecular complexity index is 757. The molecular formula is C16H11BrCl2O3. The van der Waals surface area contributed by atoms with Gasteiger partial charge in [0.25, 0.3) is 0 Å². The molecule has 0 spiro atoms. The molecule has 2 aromatic carbocycles. The largest absolute Gasteiger partial charge is 0.503 e. The van der Waals surface area contributed by atoms with Crippen LogP contribution in [0.5, 0.6) is 11.5 Å². The lowest BCUT2D eigenvalue weighted by molar-refractivity contribution is 0.104. The monoisotopic (exact) mass is 400 g/mol. The van der Waals surface area contributed by atoms with E-state index in [4.69, 9.17) is 27.9 Å². The van der Waals surface area contributed by atoms with Crippen molar-refractivity contribution in [2.45, 2.75) is 0 Å². The maximum absolute atomic E-state index is 12.1. The molecule has 2 rings (SSSR count). The van der Waals surface area contributed by atoms with Crippen LogP contribution in [0.2, 0.25) is 10.0 Å². The van der Waals surface area contributed by atoms with E-state index in [1.165, 1.54) is 19.3 Å². The van der Waals surface area contributed by atoms with Gasteiger partial charge in [-0.05, 0) is 57.9 Å². The van der Waals surface area contributed by atoms with E-state index in [2.05, 4.69) is 15.9 Å². The van der Waals surface area contributed by atoms with Gasteiger partial charge in [0.1, 0.15) is 0 Å². The molecule has 0 heterocycles. The summed E-state index contributed by atoms with van der Waals surface area (Å²) in [5.41, 5.74) is 1.06. The number of benzene rings is 2. The van der Waals surface area contributed by atoms with Crippen molar-refractivity contribution in [1.82, 2.24) is 0 Å². The summed E-state index contributed by atoms with van der Waals surface area (Å²) >= 11 is 15.0. The third kappa shape index (κ3) is 3.83. The molecule has 6 heteroatoms. The highest BCUT2D eigenvalue weighted by Crippen LogP contribution is 2.35. The second-order valence-corrected chi connectivity index (χ2v) is 6.07. The molecule has 0 amide bonds. The van der Waals surface area contributed by atoms with Crippen molar-refractivity contribution in [3.05, 3.63) is 62.1 Å². The molecule has 0 fully saturated rings. The standard InChI is InChI=1S/C16H11BrCl2O3/c1-22-15-7-9(6-12(17)16(15)21)2-5-14(20)11-4-3-10(18)8-13(11)19/h2-8,21H,1H3. The van der Waals surface area contributed by atoms with Gasteiger partial charge in [0.2, 0.25) is 0 Å². The molecule has 0 aliphatic heterocycles. The lowest BCUT2D eigenvalue weighted by Gasteiger charge is -2.06. The highest BCUT2D eigenvalue weighted by atomic mass is 79.9. The van der Waals surface area contributed by atoms with Gasteiger partial charge in [0.05, 0.1) is 16.6 Å². The van der Waals surface area contributed by atoms with Gasteiger partial charge in [0, 0.05) is 10.6 Å². The molecule has 0 saturated heterocycles. The summed E-state index contributed by atoms with van der Waals surface area (Å²) in [5, 5.41) is 10.5. The average molecular weight is 402 g/mol. The molecule has 0 aliphatic carbocycles. The number of carbonyl (C=O) groups is 1. The topological polar surface area (TPSA) is 46.5 Å². The number of ether oxygens (including phenoxy) is 1. The van der Waals surface area contributed by atoms with E-state index < -0.39 is 0 Å². The Morgan fingerprint density at radius 3 is 2.64 bits per heavy atom. The number of ketones is 1. The van der Waals surface area contributed by atoms with E-state index in [0.29, 0.717) is 31.4 Å². The number of hydrogen-bond acceptors (Lipinski definition) is 3. The first-order chi connectivity index (χ1) is 10.4. The normalized spacial score (nSPS) is 10.9. The minimum atomic E-state index is -0.246. The minimum absolute atomic E-state index is 0.00622. The Kier molecular flexibility index (Phi) is 5.51. The summed E-state index contributed by atoms with van der Waals surface area (Å²) in [7, 11) is 1.45. The molecule has 0 saturated carbocycles. The lowest BCUT2D eigenvalue weighted by atomic mass is 10.1. The van der Waals surface area contributed by atoms with E-state index in [1.807, 2.05) is 0 Å². The number of phenols is 1. The fraction of sp³-hybridized carbons (Fsp3) is 0.0625. The van der Waals surface area contributed by atoms with Crippen LogP contribution in [0.25, 0.3) is 6.08 Å². The highest BCUT2D eigenvalue weighted by molar-refractivity contribution is 9.10. The van der Waals surface area contributed by atoms with E-state index >= 15 is 0 Å². The van der Waals surface area contributed by atoms with Gasteiger partial charge in [-0.15, -0.1) is 0 Å². The van der Waals surface area contributed by atoms with E-state index in [9.17, 15) is 9.90 Å². The van der Waals surface area contributed by atoms with Crippen molar-refractivity contribution < 1.29 is 14.6 Å². The summed E-state index contributed by atoms with van der Waals surface area (Å²) in [6, 6.07) is 7.99. The first kappa shape index (κ1) is 16.9. The molecule has 0 bridgehead atoms. The van der Waals surface area contributed by atoms with Gasteiger partial charge in [-0.1, -0.05) is 29.3 Å². The van der Waals surface area contributed by atoms with E-state index in [0.717, 1.165) is 0 Å². The van der Waals surface area contributed by atoms with Crippen molar-refractivity contribution in [3.63, 3.8) is 0 Å². The smallest absolute Gasteiger partial charge is 0.187 e. The minimum Gasteiger partial charge on any atom is -0.503 e. The van der Waals surface area contributed by atoms with Crippen molar-refractivity contribution >= 4 is 51.0 Å². The van der Waals surface area contributed by atoms with E-state index in [-0.39, 0.29) is 11.5 Å². The molecule has 0 unspecified atom stereocenters. The average Bonchev–Trinajstić information content (AvgIpc) is 2.48. The molecule has 3 nitrogen and oxygen atoms in total. The van der Waals surface area contributed by atoms with Gasteiger partial charge in [-0.3, -0.25) is 4.79 Å². The zero-order chi connectivity index (χ0) is 16.3. The lowest BCUT2D eigenvalue weighted by Crippen LogP contribution is -1.95. The number of rotatable bonds is 4. The Hall–Kier alpha value is -1.49. The Morgan fingerprint density at radius 2 is 2.00 bits per heavy atom.